The zero-order valence-corrected chi connectivity index (χ0v) is 16.9. The molecule has 0 radical (unpaired) electrons. The number of carboxylic acids is 3. The SMILES string of the molecule is O=C([O-])CC(O)(CC(=O)[O-])C(=O)[O-].O=P([O-])(O)OP(=O)(O)O.[Ni+2].[Zn+2]. The van der Waals surface area contributed by atoms with Crippen molar-refractivity contribution in [3.05, 3.63) is 0 Å². The standard InChI is InChI=1S/C6H8O7.Ni.H4O7P2.Zn/c7-3(8)1-6(13,5(11)12)2-4(9)10;;1-8(2,3)7-9(4,5)6;/h13H,1-2H2,(H,7,8)(H,9,10)(H,11,12);;(H2,1,2,3)(H2,4,5,6);/q;+2;;+2/p-4. The van der Waals surface area contributed by atoms with E-state index in [1.807, 2.05) is 0 Å². The number of phosphoric acid groups is 2. The molecule has 1 unspecified atom stereocenters. The number of carbonyl (C=O) groups is 3. The second-order valence-corrected chi connectivity index (χ2v) is 6.03. The number of aliphatic hydroxyl groups is 1. The molecule has 0 bridgehead atoms. The molecule has 0 heterocycles. The predicted octanol–water partition coefficient (Wildman–Crippen LogP) is -6.70. The predicted molar refractivity (Wildman–Crippen MR) is 52.2 cm³/mol. The van der Waals surface area contributed by atoms with Gasteiger partial charge in [0.1, 0.15) is 5.60 Å². The van der Waals surface area contributed by atoms with Crippen molar-refractivity contribution < 1.29 is 104 Å². The van der Waals surface area contributed by atoms with Crippen LogP contribution in [0.2, 0.25) is 0 Å². The van der Waals surface area contributed by atoms with E-state index in [9.17, 15) is 43.7 Å². The molecule has 0 saturated carbocycles. The van der Waals surface area contributed by atoms with Crippen molar-refractivity contribution in [3.8, 4) is 0 Å². The minimum absolute atomic E-state index is 0. The number of carbonyl (C=O) groups excluding carboxylic acids is 3. The maximum atomic E-state index is 10.1. The first kappa shape index (κ1) is 31.5. The molecule has 0 spiro atoms. The summed E-state index contributed by atoms with van der Waals surface area (Å²) in [6, 6.07) is 0. The molecular weight excluding hydrogens is 482 g/mol. The van der Waals surface area contributed by atoms with Gasteiger partial charge in [-0.1, -0.05) is 0 Å². The van der Waals surface area contributed by atoms with Crippen LogP contribution in [-0.4, -0.2) is 43.3 Å². The smallest absolute Gasteiger partial charge is 0.756 e. The van der Waals surface area contributed by atoms with E-state index in [1.165, 1.54) is 0 Å². The monoisotopic (exact) mass is 488 g/mol. The van der Waals surface area contributed by atoms with Crippen molar-refractivity contribution in [2.75, 3.05) is 0 Å². The number of rotatable bonds is 7. The average Bonchev–Trinajstić information content (AvgIpc) is 2.08. The van der Waals surface area contributed by atoms with Crippen molar-refractivity contribution >= 4 is 33.6 Å². The maximum absolute atomic E-state index is 10.1. The third kappa shape index (κ3) is 19.8. The van der Waals surface area contributed by atoms with Crippen molar-refractivity contribution in [1.82, 2.24) is 0 Å². The van der Waals surface area contributed by atoms with Crippen LogP contribution >= 0.6 is 15.6 Å². The topological polar surface area (TPSA) is 268 Å². The summed E-state index contributed by atoms with van der Waals surface area (Å²) in [7, 11) is -10.4. The molecule has 0 aliphatic heterocycles. The first-order chi connectivity index (χ1) is 9.48. The Hall–Kier alpha value is -0.253. The largest absolute Gasteiger partial charge is 2.00 e. The summed E-state index contributed by atoms with van der Waals surface area (Å²) in [5.74, 6) is -5.98. The number of carboxylic acid groups (broad SMARTS) is 3. The van der Waals surface area contributed by atoms with Gasteiger partial charge in [0.25, 0.3) is 7.82 Å². The van der Waals surface area contributed by atoms with Crippen molar-refractivity contribution in [3.63, 3.8) is 0 Å². The van der Waals surface area contributed by atoms with Crippen LogP contribution in [-0.2, 0) is 63.8 Å². The minimum Gasteiger partial charge on any atom is -0.756 e. The van der Waals surface area contributed by atoms with E-state index in [0.717, 1.165) is 0 Å². The van der Waals surface area contributed by atoms with Gasteiger partial charge in [-0.25, -0.2) is 8.88 Å². The van der Waals surface area contributed by atoms with E-state index in [0.29, 0.717) is 0 Å². The van der Waals surface area contributed by atoms with E-state index in [4.69, 9.17) is 19.8 Å². The second kappa shape index (κ2) is 12.2. The van der Waals surface area contributed by atoms with E-state index >= 15 is 0 Å². The molecule has 14 nitrogen and oxygen atoms in total. The normalized spacial score (nSPS) is 13.0. The van der Waals surface area contributed by atoms with E-state index in [1.54, 1.807) is 0 Å². The minimum atomic E-state index is -5.30. The molecule has 0 aliphatic carbocycles. The molecule has 0 aromatic rings. The van der Waals surface area contributed by atoms with Gasteiger partial charge in [-0.3, -0.25) is 4.57 Å². The number of hydrogen-bond acceptors (Lipinski definition) is 11. The Kier molecular flexibility index (Phi) is 16.0. The van der Waals surface area contributed by atoms with Crippen molar-refractivity contribution in [2.45, 2.75) is 18.4 Å². The summed E-state index contributed by atoms with van der Waals surface area (Å²) in [6.45, 7) is 0. The molecule has 0 fully saturated rings. The number of hydrogen-bond donors (Lipinski definition) is 4. The fourth-order valence-corrected chi connectivity index (χ4v) is 1.89. The molecule has 0 amide bonds. The van der Waals surface area contributed by atoms with Gasteiger partial charge in [-0.15, -0.1) is 0 Å². The molecule has 0 aliphatic rings. The average molecular weight is 490 g/mol. The van der Waals surface area contributed by atoms with Gasteiger partial charge in [0.2, 0.25) is 0 Å². The molecule has 138 valence electrons. The van der Waals surface area contributed by atoms with Gasteiger partial charge < -0.3 is 54.4 Å². The van der Waals surface area contributed by atoms with Gasteiger partial charge in [0.15, 0.2) is 0 Å². The van der Waals surface area contributed by atoms with E-state index < -0.39 is 52.0 Å². The zero-order chi connectivity index (χ0) is 18.4. The van der Waals surface area contributed by atoms with Crippen LogP contribution in [0.25, 0.3) is 0 Å². The van der Waals surface area contributed by atoms with E-state index in [2.05, 4.69) is 4.31 Å². The Morgan fingerprint density at radius 1 is 0.958 bits per heavy atom. The summed E-state index contributed by atoms with van der Waals surface area (Å²) in [5.41, 5.74) is -2.97. The first-order valence-corrected chi connectivity index (χ1v) is 7.65. The molecule has 18 heteroatoms. The summed E-state index contributed by atoms with van der Waals surface area (Å²) in [4.78, 5) is 62.6. The Bertz CT molecular complexity index is 487. The van der Waals surface area contributed by atoms with Crippen LogP contribution in [0.1, 0.15) is 12.8 Å². The molecule has 0 aromatic carbocycles. The molecule has 4 N–H and O–H groups in total. The fourth-order valence-electron chi connectivity index (χ4n) is 0.819. The molecule has 0 rings (SSSR count). The van der Waals surface area contributed by atoms with Crippen LogP contribution in [0.15, 0.2) is 0 Å². The number of aliphatic carboxylic acids is 3. The molecular formula is C6H8NiO14P2Zn. The Labute approximate surface area is 156 Å². The van der Waals surface area contributed by atoms with Gasteiger partial charge in [0.05, 0.1) is 5.97 Å². The van der Waals surface area contributed by atoms with Crippen LogP contribution < -0.4 is 20.2 Å². The molecule has 0 saturated heterocycles. The first-order valence-electron chi connectivity index (χ1n) is 4.63. The summed E-state index contributed by atoms with van der Waals surface area (Å²) < 4.78 is 21.9. The van der Waals surface area contributed by atoms with Gasteiger partial charge >= 0.3 is 43.8 Å². The summed E-state index contributed by atoms with van der Waals surface area (Å²) in [6.07, 6.45) is -2.72. The van der Waals surface area contributed by atoms with Crippen molar-refractivity contribution in [1.29, 1.82) is 0 Å². The van der Waals surface area contributed by atoms with Crippen LogP contribution in [0.4, 0.5) is 0 Å². The zero-order valence-electron chi connectivity index (χ0n) is 11.2. The van der Waals surface area contributed by atoms with E-state index in [-0.39, 0.29) is 36.0 Å². The van der Waals surface area contributed by atoms with Crippen molar-refractivity contribution in [2.24, 2.45) is 0 Å². The van der Waals surface area contributed by atoms with Gasteiger partial charge in [-0.2, -0.15) is 0 Å². The van der Waals surface area contributed by atoms with Crippen LogP contribution in [0.3, 0.4) is 0 Å². The van der Waals surface area contributed by atoms with Crippen LogP contribution in [0, 0.1) is 0 Å². The molecule has 0 aromatic heterocycles. The van der Waals surface area contributed by atoms with Gasteiger partial charge in [0, 0.05) is 24.8 Å². The quantitative estimate of drug-likeness (QED) is 0.191. The third-order valence-corrected chi connectivity index (χ3v) is 3.14. The van der Waals surface area contributed by atoms with Gasteiger partial charge in [-0.05, 0) is 0 Å². The summed E-state index contributed by atoms with van der Waals surface area (Å²) >= 11 is 0. The Morgan fingerprint density at radius 3 is 1.33 bits per heavy atom. The Balaban J connectivity index is -0.000000162. The van der Waals surface area contributed by atoms with Crippen LogP contribution in [0.5, 0.6) is 0 Å². The second-order valence-electron chi connectivity index (χ2n) is 3.46. The maximum Gasteiger partial charge on any atom is 2.00 e. The third-order valence-electron chi connectivity index (χ3n) is 1.46. The summed E-state index contributed by atoms with van der Waals surface area (Å²) in [5, 5.41) is 38.9. The molecule has 1 atom stereocenters. The fraction of sp³-hybridized carbons (Fsp3) is 0.500. The molecule has 24 heavy (non-hydrogen) atoms. The Morgan fingerprint density at radius 2 is 1.25 bits per heavy atom.